The minimum Gasteiger partial charge on any atom is -0.464 e. The van der Waals surface area contributed by atoms with E-state index in [2.05, 4.69) is 14.7 Å². The number of esters is 1. The summed E-state index contributed by atoms with van der Waals surface area (Å²) < 4.78 is 44.7. The number of amides is 1. The van der Waals surface area contributed by atoms with Crippen molar-refractivity contribution in [1.82, 2.24) is 14.9 Å². The second kappa shape index (κ2) is 8.16. The Hall–Kier alpha value is -3.59. The van der Waals surface area contributed by atoms with Crippen LogP contribution in [0.3, 0.4) is 0 Å². The average molecular weight is 463 g/mol. The molecule has 2 aromatic rings. The smallest absolute Gasteiger partial charge is 0.419 e. The molecule has 1 aliphatic heterocycles. The summed E-state index contributed by atoms with van der Waals surface area (Å²) >= 11 is 5.41. The molecule has 1 aliphatic rings. The number of anilines is 1. The average Bonchev–Trinajstić information content (AvgIpc) is 2.91. The normalized spacial score (nSPS) is 15.7. The third-order valence-corrected chi connectivity index (χ3v) is 5.29. The lowest BCUT2D eigenvalue weighted by atomic mass is 10.0. The number of alkyl halides is 3. The van der Waals surface area contributed by atoms with Crippen molar-refractivity contribution in [3.63, 3.8) is 0 Å². The fourth-order valence-electron chi connectivity index (χ4n) is 3.16. The van der Waals surface area contributed by atoms with Crippen LogP contribution in [0.4, 0.5) is 18.9 Å². The molecule has 0 aromatic carbocycles. The molecule has 0 aliphatic carbocycles. The number of pyridine rings is 2. The van der Waals surface area contributed by atoms with Crippen molar-refractivity contribution >= 4 is 34.9 Å². The SMILES string of the molecule is COC(=O)c1cccc(CN2C(=S)N(c3cnc(C#N)c(C(F)(F)F)c3)C(=O)C2(C)C)n1. The molecule has 1 amide bonds. The largest absolute Gasteiger partial charge is 0.464 e. The predicted octanol–water partition coefficient (Wildman–Crippen LogP) is 3.07. The number of nitrogens with zero attached hydrogens (tertiary/aromatic N) is 5. The Morgan fingerprint density at radius 2 is 2.03 bits per heavy atom. The second-order valence-corrected chi connectivity index (χ2v) is 7.64. The number of halogens is 3. The second-order valence-electron chi connectivity index (χ2n) is 7.27. The van der Waals surface area contributed by atoms with E-state index in [1.165, 1.54) is 24.1 Å². The first-order valence-corrected chi connectivity index (χ1v) is 9.50. The van der Waals surface area contributed by atoms with E-state index in [0.29, 0.717) is 11.8 Å². The third-order valence-electron chi connectivity index (χ3n) is 4.89. The molecule has 32 heavy (non-hydrogen) atoms. The van der Waals surface area contributed by atoms with Crippen molar-refractivity contribution in [2.24, 2.45) is 0 Å². The van der Waals surface area contributed by atoms with Crippen LogP contribution in [-0.2, 0) is 22.3 Å². The van der Waals surface area contributed by atoms with E-state index in [-0.39, 0.29) is 23.0 Å². The lowest BCUT2D eigenvalue weighted by Gasteiger charge is -2.29. The van der Waals surface area contributed by atoms with Crippen molar-refractivity contribution < 1.29 is 27.5 Å². The molecule has 0 bridgehead atoms. The molecule has 166 valence electrons. The summed E-state index contributed by atoms with van der Waals surface area (Å²) in [7, 11) is 1.22. The van der Waals surface area contributed by atoms with Gasteiger partial charge in [-0.1, -0.05) is 6.07 Å². The number of rotatable bonds is 4. The Morgan fingerprint density at radius 1 is 1.34 bits per heavy atom. The zero-order valence-corrected chi connectivity index (χ0v) is 17.9. The highest BCUT2D eigenvalue weighted by atomic mass is 32.1. The third kappa shape index (κ3) is 3.99. The minimum atomic E-state index is -4.84. The molecule has 0 radical (unpaired) electrons. The fraction of sp³-hybridized carbons (Fsp3) is 0.300. The van der Waals surface area contributed by atoms with E-state index in [1.807, 2.05) is 0 Å². The van der Waals surface area contributed by atoms with E-state index in [0.717, 1.165) is 11.1 Å². The first-order valence-electron chi connectivity index (χ1n) is 9.09. The number of thiocarbonyl (C=S) groups is 1. The summed E-state index contributed by atoms with van der Waals surface area (Å²) in [4.78, 5) is 35.0. The van der Waals surface area contributed by atoms with Crippen molar-refractivity contribution in [2.45, 2.75) is 32.1 Å². The summed E-state index contributed by atoms with van der Waals surface area (Å²) in [6.07, 6.45) is -3.85. The first-order chi connectivity index (χ1) is 14.9. The molecule has 1 saturated heterocycles. The molecule has 8 nitrogen and oxygen atoms in total. The van der Waals surface area contributed by atoms with Crippen molar-refractivity contribution in [1.29, 1.82) is 5.26 Å². The van der Waals surface area contributed by atoms with Gasteiger partial charge in [0.25, 0.3) is 5.91 Å². The summed E-state index contributed by atoms with van der Waals surface area (Å²) in [6.45, 7) is 3.13. The van der Waals surface area contributed by atoms with Gasteiger partial charge in [0.2, 0.25) is 0 Å². The fourth-order valence-corrected chi connectivity index (χ4v) is 3.64. The Bertz CT molecular complexity index is 1160. The predicted molar refractivity (Wildman–Crippen MR) is 109 cm³/mol. The highest BCUT2D eigenvalue weighted by Gasteiger charge is 2.50. The summed E-state index contributed by atoms with van der Waals surface area (Å²) in [5, 5.41) is 8.88. The quantitative estimate of drug-likeness (QED) is 0.504. The maximum Gasteiger partial charge on any atom is 0.419 e. The number of ether oxygens (including phenoxy) is 1. The number of carbonyl (C=O) groups excluding carboxylic acids is 2. The first kappa shape index (κ1) is 23.1. The standard InChI is InChI=1S/C20H16F3N5O3S/c1-19(2)17(30)28(12-7-13(20(21,22)23)15(8-24)25-9-12)18(32)27(19)10-11-5-4-6-14(26-11)16(29)31-3/h4-7,9H,10H2,1-3H3. The molecular formula is C20H16F3N5O3S. The topological polar surface area (TPSA) is 99.4 Å². The van der Waals surface area contributed by atoms with Crippen LogP contribution in [0.15, 0.2) is 30.5 Å². The lowest BCUT2D eigenvalue weighted by Crippen LogP contribution is -2.43. The summed E-state index contributed by atoms with van der Waals surface area (Å²) in [5.41, 5.74) is -3.06. The molecule has 1 fully saturated rings. The zero-order chi connectivity index (χ0) is 23.8. The number of carbonyl (C=O) groups is 2. The van der Waals surface area contributed by atoms with Gasteiger partial charge in [0.1, 0.15) is 17.3 Å². The van der Waals surface area contributed by atoms with Gasteiger partial charge < -0.3 is 9.64 Å². The van der Waals surface area contributed by atoms with Crippen molar-refractivity contribution in [3.8, 4) is 6.07 Å². The van der Waals surface area contributed by atoms with Crippen molar-refractivity contribution in [3.05, 3.63) is 53.1 Å². The van der Waals surface area contributed by atoms with E-state index >= 15 is 0 Å². The van der Waals surface area contributed by atoms with E-state index < -0.39 is 34.8 Å². The summed E-state index contributed by atoms with van der Waals surface area (Å²) in [5.74, 6) is -1.22. The molecule has 3 heterocycles. The molecule has 12 heteroatoms. The molecule has 2 aromatic heterocycles. The Balaban J connectivity index is 1.99. The van der Waals surface area contributed by atoms with Crippen LogP contribution < -0.4 is 4.90 Å². The highest BCUT2D eigenvalue weighted by Crippen LogP contribution is 2.37. The maximum atomic E-state index is 13.4. The molecule has 0 spiro atoms. The minimum absolute atomic E-state index is 0.00867. The van der Waals surface area contributed by atoms with Crippen LogP contribution in [0, 0.1) is 11.3 Å². The van der Waals surface area contributed by atoms with Gasteiger partial charge in [0, 0.05) is 0 Å². The van der Waals surface area contributed by atoms with Crippen LogP contribution in [0.25, 0.3) is 0 Å². The van der Waals surface area contributed by atoms with Crippen LogP contribution in [-0.4, -0.2) is 44.5 Å². The maximum absolute atomic E-state index is 13.4. The number of aromatic nitrogens is 2. The van der Waals surface area contributed by atoms with E-state index in [9.17, 15) is 22.8 Å². The number of nitriles is 1. The lowest BCUT2D eigenvalue weighted by molar-refractivity contribution is -0.138. The zero-order valence-electron chi connectivity index (χ0n) is 17.1. The van der Waals surface area contributed by atoms with E-state index in [1.54, 1.807) is 26.0 Å². The van der Waals surface area contributed by atoms with Gasteiger partial charge in [-0.25, -0.2) is 14.8 Å². The van der Waals surface area contributed by atoms with Crippen LogP contribution in [0.1, 0.15) is 41.3 Å². The number of methoxy groups -OCH3 is 1. The van der Waals surface area contributed by atoms with Crippen LogP contribution >= 0.6 is 12.2 Å². The summed E-state index contributed by atoms with van der Waals surface area (Å²) in [6, 6.07) is 6.73. The van der Waals surface area contributed by atoms with Gasteiger partial charge in [-0.15, -0.1) is 0 Å². The van der Waals surface area contributed by atoms with E-state index in [4.69, 9.17) is 17.5 Å². The molecule has 3 rings (SSSR count). The highest BCUT2D eigenvalue weighted by molar-refractivity contribution is 7.80. The molecule has 0 atom stereocenters. The Kier molecular flexibility index (Phi) is 5.88. The van der Waals surface area contributed by atoms with Crippen LogP contribution in [0.2, 0.25) is 0 Å². The Labute approximate surface area is 186 Å². The van der Waals surface area contributed by atoms with Gasteiger partial charge in [0.05, 0.1) is 36.8 Å². The molecule has 0 N–H and O–H groups in total. The molecular weight excluding hydrogens is 447 g/mol. The molecule has 0 saturated carbocycles. The Morgan fingerprint density at radius 3 is 2.62 bits per heavy atom. The van der Waals surface area contributed by atoms with Crippen LogP contribution in [0.5, 0.6) is 0 Å². The van der Waals surface area contributed by atoms with Gasteiger partial charge in [-0.05, 0) is 44.3 Å². The van der Waals surface area contributed by atoms with Gasteiger partial charge >= 0.3 is 12.1 Å². The van der Waals surface area contributed by atoms with Gasteiger partial charge in [0.15, 0.2) is 10.8 Å². The van der Waals surface area contributed by atoms with Gasteiger partial charge in [-0.2, -0.15) is 18.4 Å². The number of hydrogen-bond acceptors (Lipinski definition) is 7. The van der Waals surface area contributed by atoms with Crippen molar-refractivity contribution in [2.75, 3.05) is 12.0 Å². The van der Waals surface area contributed by atoms with Gasteiger partial charge in [-0.3, -0.25) is 9.69 Å². The number of hydrogen-bond donors (Lipinski definition) is 0. The molecule has 0 unspecified atom stereocenters. The monoisotopic (exact) mass is 463 g/mol.